The molecule has 0 aromatic heterocycles. The van der Waals surface area contributed by atoms with E-state index in [-0.39, 0.29) is 18.2 Å². The van der Waals surface area contributed by atoms with Crippen LogP contribution in [0.3, 0.4) is 0 Å². The van der Waals surface area contributed by atoms with Crippen LogP contribution in [0.15, 0.2) is 30.3 Å². The summed E-state index contributed by atoms with van der Waals surface area (Å²) in [5.41, 5.74) is 0.934. The molecule has 2 fully saturated rings. The molecule has 19 heavy (non-hydrogen) atoms. The predicted octanol–water partition coefficient (Wildman–Crippen LogP) is 1.11. The number of benzene rings is 1. The molecule has 3 rings (SSSR count). The third-order valence-corrected chi connectivity index (χ3v) is 3.72. The number of carbonyl (C=O) groups is 2. The topological polar surface area (TPSA) is 55.8 Å². The van der Waals surface area contributed by atoms with Gasteiger partial charge in [-0.05, 0) is 6.42 Å². The van der Waals surface area contributed by atoms with Gasteiger partial charge in [-0.3, -0.25) is 9.59 Å². The monoisotopic (exact) mass is 261 g/mol. The summed E-state index contributed by atoms with van der Waals surface area (Å²) in [4.78, 5) is 25.6. The quantitative estimate of drug-likeness (QED) is 0.591. The number of fused-ring (bicyclic) bond motifs is 1. The number of esters is 1. The molecule has 0 bridgehead atoms. The molecule has 0 N–H and O–H groups in total. The number of carbonyl (C=O) groups excluding carboxylic acids is 2. The molecule has 3 atom stereocenters. The van der Waals surface area contributed by atoms with Crippen LogP contribution in [0, 0.1) is 5.92 Å². The fourth-order valence-corrected chi connectivity index (χ4v) is 2.80. The minimum absolute atomic E-state index is 0.0261. The molecule has 2 aliphatic heterocycles. The Morgan fingerprint density at radius 2 is 2.11 bits per heavy atom. The SMILES string of the molecule is COC(=O)C1C[C@H]2CO[C@H](c3ccccc3)N2C1=O. The smallest absolute Gasteiger partial charge is 0.318 e. The van der Waals surface area contributed by atoms with Gasteiger partial charge in [-0.1, -0.05) is 30.3 Å². The Bertz CT molecular complexity index is 501. The van der Waals surface area contributed by atoms with Crippen molar-refractivity contribution in [1.29, 1.82) is 0 Å². The summed E-state index contributed by atoms with van der Waals surface area (Å²) >= 11 is 0. The third-order valence-electron chi connectivity index (χ3n) is 3.72. The second-order valence-corrected chi connectivity index (χ2v) is 4.81. The van der Waals surface area contributed by atoms with Crippen molar-refractivity contribution in [2.75, 3.05) is 13.7 Å². The largest absolute Gasteiger partial charge is 0.468 e. The van der Waals surface area contributed by atoms with Crippen LogP contribution in [0.25, 0.3) is 0 Å². The van der Waals surface area contributed by atoms with Gasteiger partial charge in [-0.15, -0.1) is 0 Å². The van der Waals surface area contributed by atoms with E-state index in [0.717, 1.165) is 5.56 Å². The Hall–Kier alpha value is -1.88. The van der Waals surface area contributed by atoms with E-state index in [1.165, 1.54) is 7.11 Å². The highest BCUT2D eigenvalue weighted by atomic mass is 16.5. The number of methoxy groups -OCH3 is 1. The van der Waals surface area contributed by atoms with Crippen molar-refractivity contribution in [3.63, 3.8) is 0 Å². The normalized spacial score (nSPS) is 29.4. The van der Waals surface area contributed by atoms with Crippen molar-refractivity contribution >= 4 is 11.9 Å². The lowest BCUT2D eigenvalue weighted by atomic mass is 10.1. The van der Waals surface area contributed by atoms with Crippen molar-refractivity contribution in [3.05, 3.63) is 35.9 Å². The van der Waals surface area contributed by atoms with Gasteiger partial charge >= 0.3 is 5.97 Å². The van der Waals surface area contributed by atoms with Gasteiger partial charge < -0.3 is 14.4 Å². The molecule has 2 saturated heterocycles. The first kappa shape index (κ1) is 12.2. The maximum absolute atomic E-state index is 12.3. The van der Waals surface area contributed by atoms with Crippen LogP contribution < -0.4 is 0 Å². The zero-order valence-corrected chi connectivity index (χ0v) is 10.6. The molecule has 100 valence electrons. The summed E-state index contributed by atoms with van der Waals surface area (Å²) in [5.74, 6) is -1.32. The van der Waals surface area contributed by atoms with Crippen molar-refractivity contribution in [2.24, 2.45) is 5.92 Å². The number of hydrogen-bond donors (Lipinski definition) is 0. The van der Waals surface area contributed by atoms with E-state index in [1.807, 2.05) is 30.3 Å². The second-order valence-electron chi connectivity index (χ2n) is 4.81. The van der Waals surface area contributed by atoms with E-state index in [1.54, 1.807) is 4.90 Å². The molecule has 0 radical (unpaired) electrons. The van der Waals surface area contributed by atoms with Crippen molar-refractivity contribution in [2.45, 2.75) is 18.7 Å². The van der Waals surface area contributed by atoms with E-state index >= 15 is 0 Å². The maximum Gasteiger partial charge on any atom is 0.318 e. The molecule has 5 heteroatoms. The molecule has 1 aromatic carbocycles. The lowest BCUT2D eigenvalue weighted by molar-refractivity contribution is -0.152. The summed E-state index contributed by atoms with van der Waals surface area (Å²) in [6.07, 6.45) is 0.0998. The Labute approximate surface area is 111 Å². The van der Waals surface area contributed by atoms with Gasteiger partial charge in [0.15, 0.2) is 6.23 Å². The van der Waals surface area contributed by atoms with Gasteiger partial charge in [-0.25, -0.2) is 0 Å². The van der Waals surface area contributed by atoms with E-state index in [4.69, 9.17) is 4.74 Å². The number of amides is 1. The standard InChI is InChI=1S/C14H15NO4/c1-18-14(17)11-7-10-8-19-13(15(10)12(11)16)9-5-3-2-4-6-9/h2-6,10-11,13H,7-8H2,1H3/t10-,11?,13+/m0/s1. The highest BCUT2D eigenvalue weighted by Crippen LogP contribution is 2.39. The van der Waals surface area contributed by atoms with Crippen molar-refractivity contribution < 1.29 is 19.1 Å². The van der Waals surface area contributed by atoms with Crippen LogP contribution >= 0.6 is 0 Å². The van der Waals surface area contributed by atoms with Gasteiger partial charge in [0.05, 0.1) is 19.8 Å². The first-order chi connectivity index (χ1) is 9.22. The lowest BCUT2D eigenvalue weighted by Gasteiger charge is -2.22. The van der Waals surface area contributed by atoms with Gasteiger partial charge in [0, 0.05) is 5.56 Å². The summed E-state index contributed by atoms with van der Waals surface area (Å²) in [7, 11) is 1.31. The highest BCUT2D eigenvalue weighted by molar-refractivity contribution is 5.99. The Balaban J connectivity index is 1.85. The number of ether oxygens (including phenoxy) is 2. The van der Waals surface area contributed by atoms with Gasteiger partial charge in [0.2, 0.25) is 5.91 Å². The zero-order chi connectivity index (χ0) is 13.4. The van der Waals surface area contributed by atoms with E-state index in [9.17, 15) is 9.59 Å². The lowest BCUT2D eigenvalue weighted by Crippen LogP contribution is -2.34. The van der Waals surface area contributed by atoms with Gasteiger partial charge in [-0.2, -0.15) is 0 Å². The molecular weight excluding hydrogens is 246 g/mol. The fraction of sp³-hybridized carbons (Fsp3) is 0.429. The Morgan fingerprint density at radius 1 is 1.37 bits per heavy atom. The summed E-state index contributed by atoms with van der Waals surface area (Å²) in [5, 5.41) is 0. The minimum atomic E-state index is -0.676. The number of rotatable bonds is 2. The maximum atomic E-state index is 12.3. The fourth-order valence-electron chi connectivity index (χ4n) is 2.80. The van der Waals surface area contributed by atoms with Crippen LogP contribution in [-0.4, -0.2) is 36.5 Å². The molecule has 0 saturated carbocycles. The summed E-state index contributed by atoms with van der Waals surface area (Å²) in [6, 6.07) is 9.55. The molecule has 1 amide bonds. The minimum Gasteiger partial charge on any atom is -0.468 e. The van der Waals surface area contributed by atoms with Crippen molar-refractivity contribution in [1.82, 2.24) is 4.90 Å². The highest BCUT2D eigenvalue weighted by Gasteiger charge is 2.51. The van der Waals surface area contributed by atoms with Crippen molar-refractivity contribution in [3.8, 4) is 0 Å². The second kappa shape index (κ2) is 4.66. The van der Waals surface area contributed by atoms with Crippen LogP contribution in [0.5, 0.6) is 0 Å². The Kier molecular flexibility index (Phi) is 2.98. The third kappa shape index (κ3) is 1.90. The molecule has 5 nitrogen and oxygen atoms in total. The van der Waals surface area contributed by atoms with Gasteiger partial charge in [0.25, 0.3) is 0 Å². The molecule has 1 aromatic rings. The number of nitrogens with zero attached hydrogens (tertiary/aromatic N) is 1. The average molecular weight is 261 g/mol. The van der Waals surface area contributed by atoms with Crippen LogP contribution in [0.4, 0.5) is 0 Å². The average Bonchev–Trinajstić information content (AvgIpc) is 3.00. The van der Waals surface area contributed by atoms with Crippen LogP contribution in [0.1, 0.15) is 18.2 Å². The molecule has 2 aliphatic rings. The Morgan fingerprint density at radius 3 is 2.79 bits per heavy atom. The van der Waals surface area contributed by atoms with Crippen LogP contribution in [0.2, 0.25) is 0 Å². The zero-order valence-electron chi connectivity index (χ0n) is 10.6. The first-order valence-corrected chi connectivity index (χ1v) is 6.29. The first-order valence-electron chi connectivity index (χ1n) is 6.29. The molecule has 1 unspecified atom stereocenters. The molecule has 0 spiro atoms. The van der Waals surface area contributed by atoms with E-state index in [2.05, 4.69) is 4.74 Å². The summed E-state index contributed by atoms with van der Waals surface area (Å²) in [6.45, 7) is 0.471. The van der Waals surface area contributed by atoms with E-state index < -0.39 is 11.9 Å². The predicted molar refractivity (Wildman–Crippen MR) is 65.9 cm³/mol. The molecular formula is C14H15NO4. The van der Waals surface area contributed by atoms with Gasteiger partial charge in [0.1, 0.15) is 5.92 Å². The summed E-state index contributed by atoms with van der Waals surface area (Å²) < 4.78 is 10.4. The number of hydrogen-bond acceptors (Lipinski definition) is 4. The van der Waals surface area contributed by atoms with Crippen LogP contribution in [-0.2, 0) is 19.1 Å². The molecule has 0 aliphatic carbocycles. The molecule has 2 heterocycles. The van der Waals surface area contributed by atoms with E-state index in [0.29, 0.717) is 13.0 Å².